The number of pyridine rings is 1. The molecule has 0 saturated carbocycles. The molecular weight excluding hydrogens is 402 g/mol. The van der Waals surface area contributed by atoms with Crippen LogP contribution >= 0.6 is 0 Å². The number of hydrogen-bond donors (Lipinski definition) is 2. The normalized spacial score (nSPS) is 10.7. The summed E-state index contributed by atoms with van der Waals surface area (Å²) in [6.45, 7) is 6.21. The van der Waals surface area contributed by atoms with Crippen LogP contribution in [0.3, 0.4) is 0 Å². The number of carbonyl (C=O) groups excluding carboxylic acids is 2. The zero-order chi connectivity index (χ0) is 22.9. The van der Waals surface area contributed by atoms with Crippen molar-refractivity contribution in [2.45, 2.75) is 27.4 Å². The van der Waals surface area contributed by atoms with E-state index in [0.29, 0.717) is 6.61 Å². The summed E-state index contributed by atoms with van der Waals surface area (Å²) >= 11 is 0. The van der Waals surface area contributed by atoms with Crippen molar-refractivity contribution in [2.24, 2.45) is 0 Å². The number of nitrogens with zero attached hydrogens (tertiary/aromatic N) is 1. The molecule has 32 heavy (non-hydrogen) atoms. The molecule has 1 heterocycles. The van der Waals surface area contributed by atoms with E-state index in [0.717, 1.165) is 39.4 Å². The zero-order valence-electron chi connectivity index (χ0n) is 18.5. The molecule has 0 radical (unpaired) electrons. The van der Waals surface area contributed by atoms with E-state index in [4.69, 9.17) is 4.74 Å². The van der Waals surface area contributed by atoms with Gasteiger partial charge in [-0.3, -0.25) is 14.6 Å². The fourth-order valence-electron chi connectivity index (χ4n) is 3.27. The summed E-state index contributed by atoms with van der Waals surface area (Å²) in [7, 11) is 0. The van der Waals surface area contributed by atoms with E-state index in [1.165, 1.54) is 6.08 Å². The molecule has 0 spiro atoms. The molecule has 0 aliphatic carbocycles. The van der Waals surface area contributed by atoms with Crippen LogP contribution in [0.25, 0.3) is 6.08 Å². The first-order chi connectivity index (χ1) is 15.4. The summed E-state index contributed by atoms with van der Waals surface area (Å²) in [5, 5.41) is 5.47. The molecule has 2 amide bonds. The second-order valence-corrected chi connectivity index (χ2v) is 7.55. The molecule has 0 aliphatic heterocycles. The Morgan fingerprint density at radius 2 is 1.72 bits per heavy atom. The third kappa shape index (κ3) is 6.80. The molecule has 1 aromatic heterocycles. The van der Waals surface area contributed by atoms with Gasteiger partial charge in [-0.2, -0.15) is 0 Å². The molecule has 3 aromatic rings. The van der Waals surface area contributed by atoms with E-state index < -0.39 is 0 Å². The lowest BCUT2D eigenvalue weighted by molar-refractivity contribution is -0.121. The van der Waals surface area contributed by atoms with Crippen molar-refractivity contribution in [3.8, 4) is 5.75 Å². The summed E-state index contributed by atoms with van der Waals surface area (Å²) in [5.41, 5.74) is 5.62. The number of benzene rings is 2. The molecule has 0 unspecified atom stereocenters. The summed E-state index contributed by atoms with van der Waals surface area (Å²) in [6, 6.07) is 17.1. The Kier molecular flexibility index (Phi) is 7.75. The van der Waals surface area contributed by atoms with Crippen LogP contribution in [-0.2, 0) is 16.2 Å². The Balaban J connectivity index is 1.45. The molecule has 0 fully saturated rings. The van der Waals surface area contributed by atoms with Gasteiger partial charge < -0.3 is 15.4 Å². The molecule has 2 aromatic carbocycles. The monoisotopic (exact) mass is 429 g/mol. The number of aryl methyl sites for hydroxylation is 3. The van der Waals surface area contributed by atoms with Gasteiger partial charge >= 0.3 is 0 Å². The minimum atomic E-state index is -0.340. The molecule has 6 nitrogen and oxygen atoms in total. The Hall–Kier alpha value is -3.93. The lowest BCUT2D eigenvalue weighted by Gasteiger charge is -2.13. The Labute approximate surface area is 188 Å². The maximum Gasteiger partial charge on any atom is 0.244 e. The van der Waals surface area contributed by atoms with Gasteiger partial charge in [0.15, 0.2) is 0 Å². The summed E-state index contributed by atoms with van der Waals surface area (Å²) < 4.78 is 5.70. The smallest absolute Gasteiger partial charge is 0.244 e. The van der Waals surface area contributed by atoms with Crippen molar-refractivity contribution in [1.29, 1.82) is 0 Å². The second-order valence-electron chi connectivity index (χ2n) is 7.55. The Morgan fingerprint density at radius 1 is 1.00 bits per heavy atom. The van der Waals surface area contributed by atoms with Gasteiger partial charge in [-0.05, 0) is 67.8 Å². The summed E-state index contributed by atoms with van der Waals surface area (Å²) in [5.74, 6) is 0.111. The third-order valence-corrected chi connectivity index (χ3v) is 4.78. The highest BCUT2D eigenvalue weighted by Crippen LogP contribution is 2.21. The molecule has 6 heteroatoms. The number of hydrogen-bond acceptors (Lipinski definition) is 4. The lowest BCUT2D eigenvalue weighted by atomic mass is 10.1. The van der Waals surface area contributed by atoms with Gasteiger partial charge in [-0.1, -0.05) is 35.9 Å². The Bertz CT molecular complexity index is 1080. The molecule has 3 rings (SSSR count). The van der Waals surface area contributed by atoms with Gasteiger partial charge in [0, 0.05) is 18.0 Å². The maximum absolute atomic E-state index is 12.2. The highest BCUT2D eigenvalue weighted by atomic mass is 16.5. The average molecular weight is 430 g/mol. The predicted octanol–water partition coefficient (Wildman–Crippen LogP) is 4.35. The molecule has 0 aliphatic rings. The van der Waals surface area contributed by atoms with Crippen molar-refractivity contribution in [3.05, 3.63) is 94.8 Å². The molecule has 0 atom stereocenters. The standard InChI is InChI=1S/C26H27N3O3/c1-18-14-19(2)26(20(3)15-18)29-25(31)16-28-24(30)12-9-21-7-10-23(11-8-21)32-17-22-6-4-5-13-27-22/h4-15H,16-17H2,1-3H3,(H,28,30)(H,29,31)/b12-9+. The van der Waals surface area contributed by atoms with E-state index in [-0.39, 0.29) is 18.4 Å². The summed E-state index contributed by atoms with van der Waals surface area (Å²) in [6.07, 6.45) is 4.81. The van der Waals surface area contributed by atoms with E-state index in [1.807, 2.05) is 75.4 Å². The SMILES string of the molecule is Cc1cc(C)c(NC(=O)CNC(=O)/C=C/c2ccc(OCc3ccccn3)cc2)c(C)c1. The van der Waals surface area contributed by atoms with E-state index in [1.54, 1.807) is 12.3 Å². The highest BCUT2D eigenvalue weighted by molar-refractivity contribution is 5.98. The molecular formula is C26H27N3O3. The third-order valence-electron chi connectivity index (χ3n) is 4.78. The number of anilines is 1. The molecule has 0 bridgehead atoms. The lowest BCUT2D eigenvalue weighted by Crippen LogP contribution is -2.32. The van der Waals surface area contributed by atoms with Crippen molar-refractivity contribution in [3.63, 3.8) is 0 Å². The topological polar surface area (TPSA) is 80.3 Å². The van der Waals surface area contributed by atoms with Crippen LogP contribution in [0.15, 0.2) is 66.9 Å². The first-order valence-electron chi connectivity index (χ1n) is 10.4. The van der Waals surface area contributed by atoms with Gasteiger partial charge in [-0.15, -0.1) is 0 Å². The molecule has 2 N–H and O–H groups in total. The van der Waals surface area contributed by atoms with E-state index >= 15 is 0 Å². The fourth-order valence-corrected chi connectivity index (χ4v) is 3.27. The zero-order valence-corrected chi connectivity index (χ0v) is 18.5. The van der Waals surface area contributed by atoms with E-state index in [9.17, 15) is 9.59 Å². The predicted molar refractivity (Wildman–Crippen MR) is 126 cm³/mol. The molecule has 164 valence electrons. The fraction of sp³-hybridized carbons (Fsp3) is 0.192. The number of carbonyl (C=O) groups is 2. The molecule has 0 saturated heterocycles. The highest BCUT2D eigenvalue weighted by Gasteiger charge is 2.09. The average Bonchev–Trinajstić information content (AvgIpc) is 2.78. The number of aromatic nitrogens is 1. The van der Waals surface area contributed by atoms with Crippen molar-refractivity contribution in [1.82, 2.24) is 10.3 Å². The largest absolute Gasteiger partial charge is 0.487 e. The van der Waals surface area contributed by atoms with Gasteiger partial charge in [0.1, 0.15) is 12.4 Å². The number of ether oxygens (including phenoxy) is 1. The van der Waals surface area contributed by atoms with Crippen molar-refractivity contribution >= 4 is 23.6 Å². The first kappa shape index (κ1) is 22.7. The maximum atomic E-state index is 12.2. The Morgan fingerprint density at radius 3 is 2.38 bits per heavy atom. The van der Waals surface area contributed by atoms with Gasteiger partial charge in [0.2, 0.25) is 11.8 Å². The van der Waals surface area contributed by atoms with Crippen molar-refractivity contribution < 1.29 is 14.3 Å². The summed E-state index contributed by atoms with van der Waals surface area (Å²) in [4.78, 5) is 28.5. The van der Waals surface area contributed by atoms with Crippen molar-refractivity contribution in [2.75, 3.05) is 11.9 Å². The second kappa shape index (κ2) is 10.9. The number of nitrogens with one attached hydrogen (secondary N) is 2. The van der Waals surface area contributed by atoms with Gasteiger partial charge in [0.05, 0.1) is 12.2 Å². The minimum Gasteiger partial charge on any atom is -0.487 e. The minimum absolute atomic E-state index is 0.101. The first-order valence-corrected chi connectivity index (χ1v) is 10.4. The quantitative estimate of drug-likeness (QED) is 0.522. The number of amides is 2. The van der Waals surface area contributed by atoms with Crippen LogP contribution in [0.5, 0.6) is 5.75 Å². The van der Waals surface area contributed by atoms with Crippen LogP contribution in [0, 0.1) is 20.8 Å². The van der Waals surface area contributed by atoms with E-state index in [2.05, 4.69) is 15.6 Å². The van der Waals surface area contributed by atoms with Crippen LogP contribution in [0.2, 0.25) is 0 Å². The van der Waals surface area contributed by atoms with Crippen LogP contribution < -0.4 is 15.4 Å². The van der Waals surface area contributed by atoms with Crippen LogP contribution in [0.4, 0.5) is 5.69 Å². The van der Waals surface area contributed by atoms with Crippen LogP contribution in [-0.4, -0.2) is 23.3 Å². The van der Waals surface area contributed by atoms with Gasteiger partial charge in [-0.25, -0.2) is 0 Å². The number of rotatable bonds is 8. The van der Waals surface area contributed by atoms with Gasteiger partial charge in [0.25, 0.3) is 0 Å². The van der Waals surface area contributed by atoms with Crippen LogP contribution in [0.1, 0.15) is 27.9 Å².